The van der Waals surface area contributed by atoms with E-state index in [9.17, 15) is 14.4 Å². The second-order valence-electron chi connectivity index (χ2n) is 6.15. The van der Waals surface area contributed by atoms with Crippen LogP contribution in [0.5, 0.6) is 0 Å². The SMILES string of the molecule is CCn1ncc(NC(=O)c2ccc(C(=O)OC)cc2)c1C(=O)N1CCOCC1. The van der Waals surface area contributed by atoms with Crippen molar-refractivity contribution >= 4 is 23.5 Å². The standard InChI is InChI=1S/C19H22N4O5/c1-3-23-16(18(25)22-8-10-28-11-9-22)15(12-20-23)21-17(24)13-4-6-14(7-5-13)19(26)27-2/h4-7,12H,3,8-11H2,1-2H3,(H,21,24). The van der Waals surface area contributed by atoms with Crippen LogP contribution in [0.2, 0.25) is 0 Å². The van der Waals surface area contributed by atoms with Gasteiger partial charge in [0.05, 0.1) is 37.8 Å². The number of benzene rings is 1. The molecule has 1 N–H and O–H groups in total. The number of aromatic nitrogens is 2. The summed E-state index contributed by atoms with van der Waals surface area (Å²) in [4.78, 5) is 38.7. The van der Waals surface area contributed by atoms with Gasteiger partial charge in [0.15, 0.2) is 0 Å². The van der Waals surface area contributed by atoms with Crippen LogP contribution in [0.25, 0.3) is 0 Å². The Bertz CT molecular complexity index is 869. The smallest absolute Gasteiger partial charge is 0.337 e. The van der Waals surface area contributed by atoms with Crippen molar-refractivity contribution in [1.82, 2.24) is 14.7 Å². The lowest BCUT2D eigenvalue weighted by Crippen LogP contribution is -2.41. The summed E-state index contributed by atoms with van der Waals surface area (Å²) in [7, 11) is 1.29. The third kappa shape index (κ3) is 4.04. The number of nitrogens with zero attached hydrogens (tertiary/aromatic N) is 3. The van der Waals surface area contributed by atoms with Crippen LogP contribution in [-0.2, 0) is 16.0 Å². The molecule has 2 heterocycles. The average molecular weight is 386 g/mol. The Labute approximate surface area is 162 Å². The first-order valence-electron chi connectivity index (χ1n) is 8.97. The van der Waals surface area contributed by atoms with Crippen molar-refractivity contribution in [1.29, 1.82) is 0 Å². The summed E-state index contributed by atoms with van der Waals surface area (Å²) in [6, 6.07) is 6.07. The molecule has 0 radical (unpaired) electrons. The van der Waals surface area contributed by atoms with E-state index >= 15 is 0 Å². The highest BCUT2D eigenvalue weighted by molar-refractivity contribution is 6.08. The largest absolute Gasteiger partial charge is 0.465 e. The molecule has 0 spiro atoms. The second kappa shape index (κ2) is 8.66. The van der Waals surface area contributed by atoms with Crippen molar-refractivity contribution in [2.45, 2.75) is 13.5 Å². The second-order valence-corrected chi connectivity index (χ2v) is 6.15. The first-order valence-corrected chi connectivity index (χ1v) is 8.97. The summed E-state index contributed by atoms with van der Waals surface area (Å²) in [5, 5.41) is 6.95. The zero-order valence-electron chi connectivity index (χ0n) is 15.8. The van der Waals surface area contributed by atoms with E-state index in [1.807, 2.05) is 6.92 Å². The number of esters is 1. The highest BCUT2D eigenvalue weighted by Crippen LogP contribution is 2.19. The highest BCUT2D eigenvalue weighted by atomic mass is 16.5. The van der Waals surface area contributed by atoms with E-state index in [1.165, 1.54) is 37.6 Å². The molecule has 3 rings (SSSR count). The number of anilines is 1. The van der Waals surface area contributed by atoms with Gasteiger partial charge >= 0.3 is 5.97 Å². The average Bonchev–Trinajstić information content (AvgIpc) is 3.15. The Hall–Kier alpha value is -3.20. The number of methoxy groups -OCH3 is 1. The summed E-state index contributed by atoms with van der Waals surface area (Å²) in [6.07, 6.45) is 1.47. The molecule has 2 aromatic rings. The van der Waals surface area contributed by atoms with Gasteiger partial charge in [0, 0.05) is 25.2 Å². The molecule has 0 atom stereocenters. The monoisotopic (exact) mass is 386 g/mol. The van der Waals surface area contributed by atoms with E-state index in [0.29, 0.717) is 55.4 Å². The minimum Gasteiger partial charge on any atom is -0.465 e. The quantitative estimate of drug-likeness (QED) is 0.780. The van der Waals surface area contributed by atoms with Gasteiger partial charge in [-0.05, 0) is 31.2 Å². The third-order valence-corrected chi connectivity index (χ3v) is 4.46. The number of ether oxygens (including phenoxy) is 2. The normalized spacial score (nSPS) is 13.9. The zero-order valence-corrected chi connectivity index (χ0v) is 15.8. The zero-order chi connectivity index (χ0) is 20.1. The molecule has 9 heteroatoms. The molecule has 1 fully saturated rings. The fraction of sp³-hybridized carbons (Fsp3) is 0.368. The minimum atomic E-state index is -0.477. The van der Waals surface area contributed by atoms with Crippen LogP contribution in [-0.4, -0.2) is 65.9 Å². The number of hydrogen-bond donors (Lipinski definition) is 1. The van der Waals surface area contributed by atoms with Gasteiger partial charge < -0.3 is 19.7 Å². The Balaban J connectivity index is 1.80. The Morgan fingerprint density at radius 3 is 2.39 bits per heavy atom. The van der Waals surface area contributed by atoms with Crippen LogP contribution in [0.1, 0.15) is 38.1 Å². The van der Waals surface area contributed by atoms with Crippen LogP contribution in [0.15, 0.2) is 30.5 Å². The fourth-order valence-corrected chi connectivity index (χ4v) is 2.93. The van der Waals surface area contributed by atoms with Crippen molar-refractivity contribution in [3.05, 3.63) is 47.3 Å². The topological polar surface area (TPSA) is 103 Å². The molecule has 0 unspecified atom stereocenters. The highest BCUT2D eigenvalue weighted by Gasteiger charge is 2.26. The van der Waals surface area contributed by atoms with E-state index in [4.69, 9.17) is 4.74 Å². The van der Waals surface area contributed by atoms with E-state index in [1.54, 1.807) is 9.58 Å². The van der Waals surface area contributed by atoms with E-state index in [2.05, 4.69) is 15.2 Å². The molecule has 1 aliphatic heterocycles. The van der Waals surface area contributed by atoms with Crippen molar-refractivity contribution < 1.29 is 23.9 Å². The van der Waals surface area contributed by atoms with Crippen LogP contribution in [0.4, 0.5) is 5.69 Å². The van der Waals surface area contributed by atoms with E-state index in [-0.39, 0.29) is 5.91 Å². The Morgan fingerprint density at radius 2 is 1.79 bits per heavy atom. The van der Waals surface area contributed by atoms with Gasteiger partial charge in [-0.15, -0.1) is 0 Å². The summed E-state index contributed by atoms with van der Waals surface area (Å²) in [5.41, 5.74) is 1.38. The maximum atomic E-state index is 12.9. The summed E-state index contributed by atoms with van der Waals surface area (Å²) >= 11 is 0. The first kappa shape index (κ1) is 19.6. The Kier molecular flexibility index (Phi) is 6.05. The Morgan fingerprint density at radius 1 is 1.14 bits per heavy atom. The van der Waals surface area contributed by atoms with Crippen LogP contribution in [0.3, 0.4) is 0 Å². The number of carbonyl (C=O) groups excluding carboxylic acids is 3. The molecule has 9 nitrogen and oxygen atoms in total. The number of morpholine rings is 1. The van der Waals surface area contributed by atoms with E-state index in [0.717, 1.165) is 0 Å². The van der Waals surface area contributed by atoms with Gasteiger partial charge in [-0.2, -0.15) is 5.10 Å². The van der Waals surface area contributed by atoms with Gasteiger partial charge in [-0.25, -0.2) is 4.79 Å². The molecular formula is C19H22N4O5. The number of amides is 2. The molecule has 0 saturated carbocycles. The van der Waals surface area contributed by atoms with Gasteiger partial charge in [0.25, 0.3) is 11.8 Å². The number of aryl methyl sites for hydroxylation is 1. The van der Waals surface area contributed by atoms with Crippen LogP contribution < -0.4 is 5.32 Å². The summed E-state index contributed by atoms with van der Waals surface area (Å²) in [6.45, 7) is 4.34. The molecule has 148 valence electrons. The third-order valence-electron chi connectivity index (χ3n) is 4.46. The number of hydrogen-bond acceptors (Lipinski definition) is 6. The fourth-order valence-electron chi connectivity index (χ4n) is 2.93. The molecule has 28 heavy (non-hydrogen) atoms. The molecule has 1 aromatic carbocycles. The number of nitrogens with one attached hydrogen (secondary N) is 1. The number of rotatable bonds is 5. The maximum absolute atomic E-state index is 12.9. The molecule has 1 aromatic heterocycles. The molecule has 1 saturated heterocycles. The van der Waals surface area contributed by atoms with Crippen molar-refractivity contribution in [3.8, 4) is 0 Å². The lowest BCUT2D eigenvalue weighted by molar-refractivity contribution is 0.0295. The maximum Gasteiger partial charge on any atom is 0.337 e. The van der Waals surface area contributed by atoms with Gasteiger partial charge in [-0.1, -0.05) is 0 Å². The predicted molar refractivity (Wildman–Crippen MR) is 100 cm³/mol. The molecule has 0 aliphatic carbocycles. The van der Waals surface area contributed by atoms with Crippen molar-refractivity contribution in [2.24, 2.45) is 0 Å². The molecule has 2 amide bonds. The van der Waals surface area contributed by atoms with E-state index < -0.39 is 11.9 Å². The number of carbonyl (C=O) groups is 3. The lowest BCUT2D eigenvalue weighted by Gasteiger charge is -2.27. The minimum absolute atomic E-state index is 0.195. The first-order chi connectivity index (χ1) is 13.5. The van der Waals surface area contributed by atoms with Gasteiger partial charge in [0.1, 0.15) is 5.69 Å². The predicted octanol–water partition coefficient (Wildman–Crippen LogP) is 1.41. The van der Waals surface area contributed by atoms with Crippen LogP contribution >= 0.6 is 0 Å². The summed E-state index contributed by atoms with van der Waals surface area (Å²) in [5.74, 6) is -1.07. The van der Waals surface area contributed by atoms with Gasteiger partial charge in [0.2, 0.25) is 0 Å². The summed E-state index contributed by atoms with van der Waals surface area (Å²) < 4.78 is 11.5. The van der Waals surface area contributed by atoms with Gasteiger partial charge in [-0.3, -0.25) is 14.3 Å². The lowest BCUT2D eigenvalue weighted by atomic mass is 10.1. The molecule has 0 bridgehead atoms. The molecular weight excluding hydrogens is 364 g/mol. The molecule has 1 aliphatic rings. The van der Waals surface area contributed by atoms with Crippen molar-refractivity contribution in [3.63, 3.8) is 0 Å². The van der Waals surface area contributed by atoms with Crippen molar-refractivity contribution in [2.75, 3.05) is 38.7 Å². The van der Waals surface area contributed by atoms with Crippen LogP contribution in [0, 0.1) is 0 Å².